The molecule has 0 unspecified atom stereocenters. The molecule has 5 nitrogen and oxygen atoms in total. The molecule has 2 heterocycles. The molecule has 0 bridgehead atoms. The van der Waals surface area contributed by atoms with Crippen LogP contribution in [0.5, 0.6) is 0 Å². The highest BCUT2D eigenvalue weighted by Gasteiger charge is 2.21. The summed E-state index contributed by atoms with van der Waals surface area (Å²) in [6, 6.07) is 13.5. The van der Waals surface area contributed by atoms with Gasteiger partial charge in [0.05, 0.1) is 18.3 Å². The minimum absolute atomic E-state index is 0.381. The van der Waals surface area contributed by atoms with Crippen molar-refractivity contribution in [3.05, 3.63) is 53.9 Å². The molecule has 3 aromatic rings. The zero-order chi connectivity index (χ0) is 15.7. The number of carbonyl (C=O) groups is 1. The van der Waals surface area contributed by atoms with E-state index in [1.165, 1.54) is 7.11 Å². The number of esters is 1. The molecular formula is C17H17N3O2. The van der Waals surface area contributed by atoms with E-state index in [0.29, 0.717) is 17.2 Å². The maximum absolute atomic E-state index is 12.2. The largest absolute Gasteiger partial charge is 0.464 e. The standard InChI is InChI=1S/C17H17N3O2/c1-11-7-6-10-14(18-11)19-15-12-8-4-5-9-13(12)20(2)16(15)17(21)22-3/h4-10H,1-3H3,(H,18,19). The number of pyridine rings is 1. The molecule has 0 amide bonds. The fraction of sp³-hybridized carbons (Fsp3) is 0.176. The summed E-state index contributed by atoms with van der Waals surface area (Å²) < 4.78 is 6.76. The number of nitrogens with one attached hydrogen (secondary N) is 1. The Bertz CT molecular complexity index is 852. The molecule has 2 aromatic heterocycles. The van der Waals surface area contributed by atoms with Crippen LogP contribution in [0, 0.1) is 6.92 Å². The molecule has 112 valence electrons. The second-order valence-electron chi connectivity index (χ2n) is 5.08. The molecule has 0 saturated heterocycles. The van der Waals surface area contributed by atoms with Crippen LogP contribution in [0.15, 0.2) is 42.5 Å². The summed E-state index contributed by atoms with van der Waals surface area (Å²) in [5.74, 6) is 0.315. The van der Waals surface area contributed by atoms with Gasteiger partial charge in [-0.05, 0) is 25.1 Å². The molecule has 1 aromatic carbocycles. The lowest BCUT2D eigenvalue weighted by molar-refractivity contribution is 0.0591. The van der Waals surface area contributed by atoms with Crippen molar-refractivity contribution in [2.24, 2.45) is 7.05 Å². The first-order valence-electron chi connectivity index (χ1n) is 6.98. The number of hydrogen-bond donors (Lipinski definition) is 1. The number of carbonyl (C=O) groups excluding carboxylic acids is 1. The number of benzene rings is 1. The zero-order valence-electron chi connectivity index (χ0n) is 12.8. The molecule has 5 heteroatoms. The molecule has 0 aliphatic heterocycles. The van der Waals surface area contributed by atoms with E-state index in [1.54, 1.807) is 0 Å². The molecule has 22 heavy (non-hydrogen) atoms. The van der Waals surface area contributed by atoms with E-state index in [0.717, 1.165) is 16.6 Å². The fourth-order valence-electron chi connectivity index (χ4n) is 2.60. The van der Waals surface area contributed by atoms with Crippen LogP contribution < -0.4 is 5.32 Å². The van der Waals surface area contributed by atoms with Gasteiger partial charge in [0.25, 0.3) is 0 Å². The SMILES string of the molecule is COC(=O)c1c(Nc2cccc(C)n2)c2ccccc2n1C. The van der Waals surface area contributed by atoms with E-state index >= 15 is 0 Å². The van der Waals surface area contributed by atoms with Crippen LogP contribution >= 0.6 is 0 Å². The summed E-state index contributed by atoms with van der Waals surface area (Å²) in [6.07, 6.45) is 0. The predicted octanol–water partition coefficient (Wildman–Crippen LogP) is 3.41. The van der Waals surface area contributed by atoms with Gasteiger partial charge in [-0.25, -0.2) is 9.78 Å². The lowest BCUT2D eigenvalue weighted by Gasteiger charge is -2.08. The Balaban J connectivity index is 2.20. The first-order chi connectivity index (χ1) is 10.6. The van der Waals surface area contributed by atoms with E-state index in [1.807, 2.05) is 61.0 Å². The maximum Gasteiger partial charge on any atom is 0.356 e. The van der Waals surface area contributed by atoms with Crippen LogP contribution in [0.2, 0.25) is 0 Å². The van der Waals surface area contributed by atoms with Gasteiger partial charge in [0, 0.05) is 18.1 Å². The number of fused-ring (bicyclic) bond motifs is 1. The summed E-state index contributed by atoms with van der Waals surface area (Å²) in [5, 5.41) is 4.21. The van der Waals surface area contributed by atoms with Gasteiger partial charge in [-0.1, -0.05) is 24.3 Å². The Morgan fingerprint density at radius 3 is 2.68 bits per heavy atom. The number of para-hydroxylation sites is 1. The smallest absolute Gasteiger partial charge is 0.356 e. The number of anilines is 2. The molecule has 3 rings (SSSR count). The minimum Gasteiger partial charge on any atom is -0.464 e. The summed E-state index contributed by atoms with van der Waals surface area (Å²) in [6.45, 7) is 1.93. The van der Waals surface area contributed by atoms with Crippen LogP contribution in [0.3, 0.4) is 0 Å². The highest BCUT2D eigenvalue weighted by molar-refractivity contribution is 6.07. The number of ether oxygens (including phenoxy) is 1. The predicted molar refractivity (Wildman–Crippen MR) is 86.5 cm³/mol. The average Bonchev–Trinajstić information content (AvgIpc) is 2.80. The molecular weight excluding hydrogens is 278 g/mol. The van der Waals surface area contributed by atoms with Crippen molar-refractivity contribution in [3.8, 4) is 0 Å². The number of methoxy groups -OCH3 is 1. The third kappa shape index (κ3) is 2.30. The monoisotopic (exact) mass is 295 g/mol. The van der Waals surface area contributed by atoms with Gasteiger partial charge in [0.2, 0.25) is 0 Å². The summed E-state index contributed by atoms with van der Waals surface area (Å²) in [4.78, 5) is 16.6. The lowest BCUT2D eigenvalue weighted by Crippen LogP contribution is -2.10. The molecule has 0 aliphatic carbocycles. The fourth-order valence-corrected chi connectivity index (χ4v) is 2.60. The van der Waals surface area contributed by atoms with Crippen molar-refractivity contribution in [2.45, 2.75) is 6.92 Å². The van der Waals surface area contributed by atoms with E-state index in [2.05, 4.69) is 10.3 Å². The van der Waals surface area contributed by atoms with E-state index in [4.69, 9.17) is 4.74 Å². The topological polar surface area (TPSA) is 56.1 Å². The first-order valence-corrected chi connectivity index (χ1v) is 6.98. The van der Waals surface area contributed by atoms with Gasteiger partial charge in [0.15, 0.2) is 5.69 Å². The number of rotatable bonds is 3. The second-order valence-corrected chi connectivity index (χ2v) is 5.08. The normalized spacial score (nSPS) is 10.7. The number of nitrogens with zero attached hydrogens (tertiary/aromatic N) is 2. The number of aromatic nitrogens is 2. The number of hydrogen-bond acceptors (Lipinski definition) is 4. The highest BCUT2D eigenvalue weighted by atomic mass is 16.5. The van der Waals surface area contributed by atoms with Crippen molar-refractivity contribution >= 4 is 28.4 Å². The first kappa shape index (κ1) is 14.1. The molecule has 1 N–H and O–H groups in total. The van der Waals surface area contributed by atoms with Gasteiger partial charge >= 0.3 is 5.97 Å². The van der Waals surface area contributed by atoms with Crippen molar-refractivity contribution in [1.29, 1.82) is 0 Å². The quantitative estimate of drug-likeness (QED) is 0.752. The van der Waals surface area contributed by atoms with Gasteiger partial charge in [-0.15, -0.1) is 0 Å². The Kier molecular flexibility index (Phi) is 3.55. The van der Waals surface area contributed by atoms with E-state index in [-0.39, 0.29) is 5.97 Å². The molecule has 0 aliphatic rings. The molecule has 0 spiro atoms. The third-order valence-corrected chi connectivity index (χ3v) is 3.63. The lowest BCUT2D eigenvalue weighted by atomic mass is 10.2. The van der Waals surface area contributed by atoms with Crippen molar-refractivity contribution in [2.75, 3.05) is 12.4 Å². The van der Waals surface area contributed by atoms with E-state index < -0.39 is 0 Å². The molecule has 0 fully saturated rings. The third-order valence-electron chi connectivity index (χ3n) is 3.63. The summed E-state index contributed by atoms with van der Waals surface area (Å²) in [5.41, 5.74) is 3.05. The Labute approximate surface area is 128 Å². The van der Waals surface area contributed by atoms with Gasteiger partial charge < -0.3 is 14.6 Å². The molecule has 0 saturated carbocycles. The van der Waals surface area contributed by atoms with Gasteiger partial charge in [-0.3, -0.25) is 0 Å². The van der Waals surface area contributed by atoms with Crippen molar-refractivity contribution in [1.82, 2.24) is 9.55 Å². The Morgan fingerprint density at radius 1 is 1.18 bits per heavy atom. The Hall–Kier alpha value is -2.82. The minimum atomic E-state index is -0.381. The van der Waals surface area contributed by atoms with Crippen LogP contribution in [-0.4, -0.2) is 22.6 Å². The molecule has 0 atom stereocenters. The van der Waals surface area contributed by atoms with Crippen molar-refractivity contribution < 1.29 is 9.53 Å². The maximum atomic E-state index is 12.2. The second kappa shape index (κ2) is 5.52. The van der Waals surface area contributed by atoms with Crippen LogP contribution in [0.4, 0.5) is 11.5 Å². The molecule has 0 radical (unpaired) electrons. The summed E-state index contributed by atoms with van der Waals surface area (Å²) in [7, 11) is 3.23. The van der Waals surface area contributed by atoms with Crippen LogP contribution in [-0.2, 0) is 11.8 Å². The average molecular weight is 295 g/mol. The van der Waals surface area contributed by atoms with Gasteiger partial charge in [0.1, 0.15) is 5.82 Å². The Morgan fingerprint density at radius 2 is 1.95 bits per heavy atom. The van der Waals surface area contributed by atoms with Crippen LogP contribution in [0.25, 0.3) is 10.9 Å². The van der Waals surface area contributed by atoms with Gasteiger partial charge in [-0.2, -0.15) is 0 Å². The van der Waals surface area contributed by atoms with Crippen LogP contribution in [0.1, 0.15) is 16.2 Å². The van der Waals surface area contributed by atoms with Crippen molar-refractivity contribution in [3.63, 3.8) is 0 Å². The summed E-state index contributed by atoms with van der Waals surface area (Å²) >= 11 is 0. The van der Waals surface area contributed by atoms with E-state index in [9.17, 15) is 4.79 Å². The highest BCUT2D eigenvalue weighted by Crippen LogP contribution is 2.32. The number of aryl methyl sites for hydroxylation is 2. The zero-order valence-corrected chi connectivity index (χ0v) is 12.8.